The lowest BCUT2D eigenvalue weighted by Crippen LogP contribution is -2.18. The summed E-state index contributed by atoms with van der Waals surface area (Å²) in [6, 6.07) is 1.10. The van der Waals surface area contributed by atoms with Gasteiger partial charge in [-0.05, 0) is 25.0 Å². The van der Waals surface area contributed by atoms with Gasteiger partial charge in [-0.15, -0.1) is 0 Å². The molecule has 1 aromatic rings. The van der Waals surface area contributed by atoms with E-state index < -0.39 is 17.5 Å². The van der Waals surface area contributed by atoms with Crippen molar-refractivity contribution in [1.29, 1.82) is 0 Å². The molecule has 13 heavy (non-hydrogen) atoms. The molecule has 72 valence electrons. The second kappa shape index (κ2) is 3.79. The molecule has 0 heterocycles. The van der Waals surface area contributed by atoms with Crippen LogP contribution in [0.3, 0.4) is 0 Å². The first-order valence-corrected chi connectivity index (χ1v) is 3.89. The summed E-state index contributed by atoms with van der Waals surface area (Å²) in [5, 5.41) is 0. The van der Waals surface area contributed by atoms with Crippen LogP contribution >= 0.6 is 0 Å². The zero-order valence-electron chi connectivity index (χ0n) is 7.15. The summed E-state index contributed by atoms with van der Waals surface area (Å²) < 4.78 is 38.0. The molecular formula is C9H10F3N. The van der Waals surface area contributed by atoms with Crippen molar-refractivity contribution in [2.75, 3.05) is 0 Å². The molecule has 0 amide bonds. The highest BCUT2D eigenvalue weighted by Gasteiger charge is 2.10. The molecule has 1 nitrogen and oxygen atoms in total. The van der Waals surface area contributed by atoms with Gasteiger partial charge in [-0.2, -0.15) is 0 Å². The molecule has 1 aromatic carbocycles. The standard InChI is InChI=1S/C9H10F3N/c1-5(13)2-6-3-8(11)9(12)4-7(6)10/h3-5H,2,13H2,1H3/t5-/m0/s1. The average Bonchev–Trinajstić information content (AvgIpc) is 1.99. The Bertz CT molecular complexity index is 310. The maximum absolute atomic E-state index is 12.9. The summed E-state index contributed by atoms with van der Waals surface area (Å²) in [6.45, 7) is 1.67. The number of nitrogens with two attached hydrogens (primary N) is 1. The Morgan fingerprint density at radius 1 is 1.15 bits per heavy atom. The highest BCUT2D eigenvalue weighted by Crippen LogP contribution is 2.14. The fourth-order valence-electron chi connectivity index (χ4n) is 1.07. The minimum atomic E-state index is -1.18. The Hall–Kier alpha value is -1.03. The van der Waals surface area contributed by atoms with Crippen molar-refractivity contribution < 1.29 is 13.2 Å². The predicted octanol–water partition coefficient (Wildman–Crippen LogP) is 1.99. The van der Waals surface area contributed by atoms with Crippen LogP contribution in [0.15, 0.2) is 12.1 Å². The molecule has 1 atom stereocenters. The maximum atomic E-state index is 12.9. The molecule has 2 N–H and O–H groups in total. The molecule has 0 spiro atoms. The van der Waals surface area contributed by atoms with E-state index in [-0.39, 0.29) is 18.0 Å². The van der Waals surface area contributed by atoms with Gasteiger partial charge in [0.25, 0.3) is 0 Å². The van der Waals surface area contributed by atoms with Crippen molar-refractivity contribution in [2.24, 2.45) is 5.73 Å². The highest BCUT2D eigenvalue weighted by atomic mass is 19.2. The van der Waals surface area contributed by atoms with Crippen LogP contribution in [-0.2, 0) is 6.42 Å². The van der Waals surface area contributed by atoms with Crippen LogP contribution in [0.1, 0.15) is 12.5 Å². The van der Waals surface area contributed by atoms with Crippen molar-refractivity contribution >= 4 is 0 Å². The van der Waals surface area contributed by atoms with Gasteiger partial charge >= 0.3 is 0 Å². The first-order valence-electron chi connectivity index (χ1n) is 3.89. The zero-order valence-corrected chi connectivity index (χ0v) is 7.15. The van der Waals surface area contributed by atoms with Gasteiger partial charge in [0.2, 0.25) is 0 Å². The third-order valence-corrected chi connectivity index (χ3v) is 1.63. The Balaban J connectivity index is 3.01. The van der Waals surface area contributed by atoms with E-state index >= 15 is 0 Å². The van der Waals surface area contributed by atoms with Crippen molar-refractivity contribution in [3.05, 3.63) is 35.1 Å². The van der Waals surface area contributed by atoms with Gasteiger partial charge in [0.05, 0.1) is 0 Å². The van der Waals surface area contributed by atoms with E-state index in [4.69, 9.17) is 5.73 Å². The Kier molecular flexibility index (Phi) is 2.93. The van der Waals surface area contributed by atoms with Gasteiger partial charge < -0.3 is 5.73 Å². The summed E-state index contributed by atoms with van der Waals surface area (Å²) in [5.74, 6) is -2.97. The summed E-state index contributed by atoms with van der Waals surface area (Å²) >= 11 is 0. The molecule has 0 aliphatic heterocycles. The average molecular weight is 189 g/mol. The van der Waals surface area contributed by atoms with E-state index in [9.17, 15) is 13.2 Å². The SMILES string of the molecule is C[C@H](N)Cc1cc(F)c(F)cc1F. The lowest BCUT2D eigenvalue weighted by atomic mass is 10.1. The number of hydrogen-bond donors (Lipinski definition) is 1. The van der Waals surface area contributed by atoms with Gasteiger partial charge in [0, 0.05) is 12.1 Å². The molecule has 4 heteroatoms. The monoisotopic (exact) mass is 189 g/mol. The Morgan fingerprint density at radius 3 is 2.23 bits per heavy atom. The third-order valence-electron chi connectivity index (χ3n) is 1.63. The lowest BCUT2D eigenvalue weighted by molar-refractivity contribution is 0.488. The van der Waals surface area contributed by atoms with Crippen LogP contribution in [0.5, 0.6) is 0 Å². The fraction of sp³-hybridized carbons (Fsp3) is 0.333. The molecule has 0 saturated heterocycles. The summed E-state index contributed by atoms with van der Waals surface area (Å²) in [6.07, 6.45) is 0.197. The molecular weight excluding hydrogens is 179 g/mol. The summed E-state index contributed by atoms with van der Waals surface area (Å²) in [7, 11) is 0. The van der Waals surface area contributed by atoms with Crippen LogP contribution in [-0.4, -0.2) is 6.04 Å². The fourth-order valence-corrected chi connectivity index (χ4v) is 1.07. The molecule has 0 fully saturated rings. The van der Waals surface area contributed by atoms with Crippen LogP contribution in [0, 0.1) is 17.5 Å². The van der Waals surface area contributed by atoms with Crippen LogP contribution < -0.4 is 5.73 Å². The Labute approximate surface area is 74.4 Å². The number of benzene rings is 1. The van der Waals surface area contributed by atoms with Gasteiger partial charge in [0.15, 0.2) is 11.6 Å². The third kappa shape index (κ3) is 2.45. The van der Waals surface area contributed by atoms with Crippen LogP contribution in [0.2, 0.25) is 0 Å². The minimum Gasteiger partial charge on any atom is -0.328 e. The van der Waals surface area contributed by atoms with Gasteiger partial charge in [-0.3, -0.25) is 0 Å². The summed E-state index contributed by atoms with van der Waals surface area (Å²) in [4.78, 5) is 0. The van der Waals surface area contributed by atoms with Gasteiger partial charge in [0.1, 0.15) is 5.82 Å². The second-order valence-corrected chi connectivity index (χ2v) is 3.04. The predicted molar refractivity (Wildman–Crippen MR) is 43.7 cm³/mol. The van der Waals surface area contributed by atoms with E-state index in [0.29, 0.717) is 6.07 Å². The molecule has 0 aromatic heterocycles. The number of rotatable bonds is 2. The smallest absolute Gasteiger partial charge is 0.161 e. The van der Waals surface area contributed by atoms with Crippen molar-refractivity contribution in [1.82, 2.24) is 0 Å². The Morgan fingerprint density at radius 2 is 1.69 bits per heavy atom. The van der Waals surface area contributed by atoms with Crippen molar-refractivity contribution in [3.63, 3.8) is 0 Å². The van der Waals surface area contributed by atoms with E-state index in [2.05, 4.69) is 0 Å². The van der Waals surface area contributed by atoms with E-state index in [0.717, 1.165) is 6.07 Å². The van der Waals surface area contributed by atoms with E-state index in [1.807, 2.05) is 0 Å². The van der Waals surface area contributed by atoms with Crippen LogP contribution in [0.25, 0.3) is 0 Å². The lowest BCUT2D eigenvalue weighted by Gasteiger charge is -2.06. The van der Waals surface area contributed by atoms with E-state index in [1.165, 1.54) is 0 Å². The van der Waals surface area contributed by atoms with Gasteiger partial charge in [-0.1, -0.05) is 0 Å². The van der Waals surface area contributed by atoms with E-state index in [1.54, 1.807) is 6.92 Å². The quantitative estimate of drug-likeness (QED) is 0.707. The first kappa shape index (κ1) is 10.1. The van der Waals surface area contributed by atoms with Gasteiger partial charge in [-0.25, -0.2) is 13.2 Å². The number of halogens is 3. The molecule has 0 aliphatic carbocycles. The molecule has 0 radical (unpaired) electrons. The number of hydrogen-bond acceptors (Lipinski definition) is 1. The van der Waals surface area contributed by atoms with Crippen molar-refractivity contribution in [2.45, 2.75) is 19.4 Å². The topological polar surface area (TPSA) is 26.0 Å². The molecule has 1 rings (SSSR count). The normalized spacial score (nSPS) is 13.0. The molecule has 0 bridgehead atoms. The van der Waals surface area contributed by atoms with Crippen LogP contribution in [0.4, 0.5) is 13.2 Å². The zero-order chi connectivity index (χ0) is 10.0. The highest BCUT2D eigenvalue weighted by molar-refractivity contribution is 5.20. The maximum Gasteiger partial charge on any atom is 0.161 e. The second-order valence-electron chi connectivity index (χ2n) is 3.04. The first-order chi connectivity index (χ1) is 6.00. The summed E-state index contributed by atoms with van der Waals surface area (Å²) in [5.41, 5.74) is 5.50. The molecule has 0 unspecified atom stereocenters. The van der Waals surface area contributed by atoms with Crippen molar-refractivity contribution in [3.8, 4) is 0 Å². The molecule has 0 saturated carbocycles. The minimum absolute atomic E-state index is 0.105. The largest absolute Gasteiger partial charge is 0.328 e. The molecule has 0 aliphatic rings.